The fourth-order valence-electron chi connectivity index (χ4n) is 11.9. The summed E-state index contributed by atoms with van der Waals surface area (Å²) in [6.07, 6.45) is 7.49. The summed E-state index contributed by atoms with van der Waals surface area (Å²) >= 11 is 0. The molecule has 56 heavy (non-hydrogen) atoms. The molecule has 298 valence electrons. The van der Waals surface area contributed by atoms with Crippen LogP contribution in [0.1, 0.15) is 63.3 Å². The van der Waals surface area contributed by atoms with Crippen molar-refractivity contribution in [3.8, 4) is 5.75 Å². The first-order chi connectivity index (χ1) is 26.9. The number of carbonyl (C=O) groups is 3. The first-order valence-corrected chi connectivity index (χ1v) is 19.8. The van der Waals surface area contributed by atoms with Crippen LogP contribution in [0.25, 0.3) is 10.9 Å². The molecule has 1 aliphatic carbocycles. The van der Waals surface area contributed by atoms with Gasteiger partial charge < -0.3 is 39.3 Å². The lowest BCUT2D eigenvalue weighted by molar-refractivity contribution is -0.228. The quantitative estimate of drug-likeness (QED) is 0.152. The van der Waals surface area contributed by atoms with Gasteiger partial charge in [0.15, 0.2) is 6.10 Å². The second-order valence-corrected chi connectivity index (χ2v) is 16.4. The number of benzene rings is 2. The molecule has 5 heterocycles. The molecule has 3 aromatic rings. The van der Waals surface area contributed by atoms with Crippen molar-refractivity contribution >= 4 is 34.5 Å². The predicted molar refractivity (Wildman–Crippen MR) is 212 cm³/mol. The van der Waals surface area contributed by atoms with Gasteiger partial charge in [0.25, 0.3) is 0 Å². The van der Waals surface area contributed by atoms with Gasteiger partial charge in [0, 0.05) is 79.0 Å². The van der Waals surface area contributed by atoms with Gasteiger partial charge in [0.2, 0.25) is 5.60 Å². The minimum atomic E-state index is -2.28. The normalized spacial score (nSPS) is 31.5. The number of aliphatic hydroxyl groups is 1. The molecule has 2 fully saturated rings. The van der Waals surface area contributed by atoms with Crippen molar-refractivity contribution in [2.45, 2.75) is 81.1 Å². The molecule has 0 radical (unpaired) electrons. The van der Waals surface area contributed by atoms with Gasteiger partial charge in [-0.1, -0.05) is 55.8 Å². The molecule has 4 aliphatic heterocycles. The topological polar surface area (TPSA) is 143 Å². The van der Waals surface area contributed by atoms with Gasteiger partial charge in [0.1, 0.15) is 11.2 Å². The summed E-state index contributed by atoms with van der Waals surface area (Å²) in [6, 6.07) is 12.9. The SMILES string of the molecule is CCC1=C[C@@H](C[C@@](C(=O)OC)(c2cc3ccccc3[nH]2)c2cc3c(cc2OC)N(C)[C@H]2[C@@](O)(C(=O)OC)[C@H](OC(C)=O)[C@]4(CC)C=CCN5CC[C@]32[C@@H]54)CNC1. The van der Waals surface area contributed by atoms with Crippen molar-refractivity contribution in [2.75, 3.05) is 59.5 Å². The summed E-state index contributed by atoms with van der Waals surface area (Å²) in [7, 11) is 6.16. The Morgan fingerprint density at radius 3 is 2.52 bits per heavy atom. The van der Waals surface area contributed by atoms with Crippen LogP contribution in [-0.4, -0.2) is 111 Å². The molecule has 1 aromatic heterocycles. The van der Waals surface area contributed by atoms with Gasteiger partial charge in [-0.25, -0.2) is 4.79 Å². The maximum absolute atomic E-state index is 15.0. The number of hydrogen-bond acceptors (Lipinski definition) is 11. The lowest BCUT2D eigenvalue weighted by atomic mass is 9.47. The molecule has 3 N–H and O–H groups in total. The smallest absolute Gasteiger partial charge is 0.344 e. The monoisotopic (exact) mass is 766 g/mol. The van der Waals surface area contributed by atoms with Crippen LogP contribution in [0.2, 0.25) is 0 Å². The van der Waals surface area contributed by atoms with Gasteiger partial charge >= 0.3 is 17.9 Å². The van der Waals surface area contributed by atoms with Crippen molar-refractivity contribution in [1.29, 1.82) is 0 Å². The van der Waals surface area contributed by atoms with Gasteiger partial charge in [-0.2, -0.15) is 0 Å². The number of H-pyrrole nitrogens is 1. The van der Waals surface area contributed by atoms with E-state index in [1.54, 1.807) is 7.11 Å². The highest BCUT2D eigenvalue weighted by molar-refractivity contribution is 5.93. The van der Waals surface area contributed by atoms with Gasteiger partial charge in [0.05, 0.1) is 27.4 Å². The summed E-state index contributed by atoms with van der Waals surface area (Å²) in [5, 5.41) is 17.8. The van der Waals surface area contributed by atoms with Crippen LogP contribution in [0.3, 0.4) is 0 Å². The highest BCUT2D eigenvalue weighted by Gasteiger charge is 2.80. The zero-order valence-corrected chi connectivity index (χ0v) is 33.4. The number of methoxy groups -OCH3 is 3. The number of likely N-dealkylation sites (N-methyl/N-ethyl adjacent to an activating group) is 1. The van der Waals surface area contributed by atoms with Crippen LogP contribution in [0.15, 0.2) is 66.3 Å². The van der Waals surface area contributed by atoms with E-state index in [2.05, 4.69) is 46.4 Å². The van der Waals surface area contributed by atoms with Crippen LogP contribution in [0.4, 0.5) is 5.69 Å². The predicted octanol–water partition coefficient (Wildman–Crippen LogP) is 4.53. The Morgan fingerprint density at radius 2 is 1.84 bits per heavy atom. The zero-order chi connectivity index (χ0) is 39.8. The number of hydrogen-bond donors (Lipinski definition) is 3. The number of ether oxygens (including phenoxy) is 4. The van der Waals surface area contributed by atoms with Gasteiger partial charge in [-0.3, -0.25) is 14.5 Å². The Bertz CT molecular complexity index is 2110. The van der Waals surface area contributed by atoms with Crippen LogP contribution < -0.4 is 15.0 Å². The highest BCUT2D eigenvalue weighted by atomic mass is 16.6. The number of aromatic amines is 1. The number of nitrogens with zero attached hydrogens (tertiary/aromatic N) is 2. The van der Waals surface area contributed by atoms with Crippen molar-refractivity contribution < 1.29 is 38.4 Å². The standard InChI is InChI=1S/C44H54N4O8/c1-8-27-19-28(25-45-24-27)23-43(39(50)54-6,35-20-29-13-10-11-14-32(29)46-35)31-21-30-33(22-34(31)53-5)47(4)37-42(30)16-18-48-17-12-15-41(9-2,36(42)48)38(56-26(3)49)44(37,52)40(51)55-7/h10-15,19-22,28,36-38,45-46,52H,8-9,16-18,23-25H2,1-7H3/t28-,36-,37+,38+,41+,42+,43-,44-/m0/s1. The summed E-state index contributed by atoms with van der Waals surface area (Å²) in [5.74, 6) is -1.45. The molecule has 1 saturated heterocycles. The third-order valence-electron chi connectivity index (χ3n) is 14.0. The molecule has 5 aliphatic rings. The van der Waals surface area contributed by atoms with Crippen molar-refractivity contribution in [3.63, 3.8) is 0 Å². The van der Waals surface area contributed by atoms with E-state index in [1.807, 2.05) is 55.3 Å². The highest BCUT2D eigenvalue weighted by Crippen LogP contribution is 2.68. The van der Waals surface area contributed by atoms with Gasteiger partial charge in [-0.05, 0) is 67.3 Å². The third kappa shape index (κ3) is 5.04. The van der Waals surface area contributed by atoms with Gasteiger partial charge in [-0.15, -0.1) is 0 Å². The molecule has 1 spiro atoms. The average Bonchev–Trinajstić information content (AvgIpc) is 3.90. The van der Waals surface area contributed by atoms with Crippen LogP contribution in [0.5, 0.6) is 5.75 Å². The molecule has 12 nitrogen and oxygen atoms in total. The van der Waals surface area contributed by atoms with Crippen molar-refractivity contribution in [2.24, 2.45) is 11.3 Å². The first kappa shape index (κ1) is 38.2. The number of nitrogens with one attached hydrogen (secondary N) is 2. The number of anilines is 1. The number of aromatic nitrogens is 1. The largest absolute Gasteiger partial charge is 0.496 e. The summed E-state index contributed by atoms with van der Waals surface area (Å²) in [5.41, 5.74) is -0.370. The molecule has 8 rings (SSSR count). The lowest BCUT2D eigenvalue weighted by Crippen LogP contribution is -2.81. The molecule has 0 unspecified atom stereocenters. The fourth-order valence-corrected chi connectivity index (χ4v) is 11.9. The molecule has 8 atom stereocenters. The Balaban J connectivity index is 1.45. The Hall–Kier alpha value is -4.65. The van der Waals surface area contributed by atoms with E-state index < -0.39 is 51.9 Å². The van der Waals surface area contributed by atoms with Crippen LogP contribution >= 0.6 is 0 Å². The third-order valence-corrected chi connectivity index (χ3v) is 14.0. The van der Waals surface area contributed by atoms with E-state index >= 15 is 0 Å². The molecule has 0 amide bonds. The van der Waals surface area contributed by atoms with E-state index in [0.29, 0.717) is 55.9 Å². The average molecular weight is 767 g/mol. The number of rotatable bonds is 10. The minimum Gasteiger partial charge on any atom is -0.496 e. The molecule has 1 saturated carbocycles. The second-order valence-electron chi connectivity index (χ2n) is 16.4. The second kappa shape index (κ2) is 13.8. The molecular weight excluding hydrogens is 713 g/mol. The first-order valence-electron chi connectivity index (χ1n) is 19.8. The molecule has 0 bridgehead atoms. The van der Waals surface area contributed by atoms with E-state index in [-0.39, 0.29) is 12.0 Å². The summed E-state index contributed by atoms with van der Waals surface area (Å²) in [6.45, 7) is 8.28. The van der Waals surface area contributed by atoms with Crippen molar-refractivity contribution in [3.05, 3.63) is 83.1 Å². The number of fused-ring (bicyclic) bond motifs is 2. The lowest BCUT2D eigenvalue weighted by Gasteiger charge is -2.63. The van der Waals surface area contributed by atoms with E-state index in [1.165, 1.54) is 26.7 Å². The van der Waals surface area contributed by atoms with Crippen molar-refractivity contribution in [1.82, 2.24) is 15.2 Å². The van der Waals surface area contributed by atoms with E-state index in [9.17, 15) is 19.5 Å². The fraction of sp³-hybridized carbons (Fsp3) is 0.523. The Kier molecular flexibility index (Phi) is 9.41. The number of esters is 3. The van der Waals surface area contributed by atoms with E-state index in [0.717, 1.165) is 35.1 Å². The molecule has 12 heteroatoms. The molecular formula is C44H54N4O8. The molecule has 2 aromatic carbocycles. The zero-order valence-electron chi connectivity index (χ0n) is 33.4. The Morgan fingerprint density at radius 1 is 1.05 bits per heavy atom. The maximum atomic E-state index is 15.0. The number of carbonyl (C=O) groups excluding carboxylic acids is 3. The van der Waals surface area contributed by atoms with Crippen LogP contribution in [-0.2, 0) is 39.4 Å². The van der Waals surface area contributed by atoms with Crippen LogP contribution in [0, 0.1) is 11.3 Å². The maximum Gasteiger partial charge on any atom is 0.344 e. The van der Waals surface area contributed by atoms with E-state index in [4.69, 9.17) is 18.9 Å². The Labute approximate surface area is 328 Å². The summed E-state index contributed by atoms with van der Waals surface area (Å²) < 4.78 is 23.7. The number of para-hydroxylation sites is 1. The minimum absolute atomic E-state index is 0.0301. The summed E-state index contributed by atoms with van der Waals surface area (Å²) in [4.78, 5) is 50.2.